The van der Waals surface area contributed by atoms with Crippen LogP contribution in [0.3, 0.4) is 0 Å². The summed E-state index contributed by atoms with van der Waals surface area (Å²) in [6.45, 7) is 1.57. The summed E-state index contributed by atoms with van der Waals surface area (Å²) in [4.78, 5) is 13.3. The number of nitrogens with zero attached hydrogens (tertiary/aromatic N) is 2. The first-order chi connectivity index (χ1) is 11.2. The molecule has 2 heterocycles. The highest BCUT2D eigenvalue weighted by atomic mass is 127. The van der Waals surface area contributed by atoms with Crippen LogP contribution in [-0.2, 0) is 24.2 Å². The molecule has 6 nitrogen and oxygen atoms in total. The lowest BCUT2D eigenvalue weighted by Gasteiger charge is -2.17. The molecular weight excluding hydrogens is 411 g/mol. The number of halogens is 1. The molecule has 23 heavy (non-hydrogen) atoms. The van der Waals surface area contributed by atoms with Gasteiger partial charge in [0.1, 0.15) is 12.4 Å². The van der Waals surface area contributed by atoms with E-state index in [0.29, 0.717) is 38.4 Å². The third-order valence-corrected chi connectivity index (χ3v) is 4.51. The number of hydrogen-bond acceptors (Lipinski definition) is 5. The van der Waals surface area contributed by atoms with Crippen LogP contribution in [0.15, 0.2) is 28.8 Å². The smallest absolute Gasteiger partial charge is 0.409 e. The van der Waals surface area contributed by atoms with Crippen LogP contribution in [0.4, 0.5) is 4.79 Å². The Morgan fingerprint density at radius 1 is 1.30 bits per heavy atom. The third kappa shape index (κ3) is 3.77. The summed E-state index contributed by atoms with van der Waals surface area (Å²) in [6.07, 6.45) is 0.949. The highest BCUT2D eigenvalue weighted by molar-refractivity contribution is 14.1. The van der Waals surface area contributed by atoms with Gasteiger partial charge in [0.05, 0.1) is 12.7 Å². The van der Waals surface area contributed by atoms with Crippen molar-refractivity contribution in [2.75, 3.05) is 20.2 Å². The first-order valence-corrected chi connectivity index (χ1v) is 8.43. The second-order valence-corrected chi connectivity index (χ2v) is 6.51. The SMILES string of the molecule is COC(=O)N1CCc2onc(OCc3ccc(I)cc3)c2CC1. The molecule has 0 radical (unpaired) electrons. The molecule has 2 aromatic rings. The standard InChI is InChI=1S/C16H17IN2O4/c1-21-16(20)19-8-6-13-14(7-9-19)23-18-15(13)22-10-11-2-4-12(17)5-3-11/h2-5H,6-10H2,1H3. The lowest BCUT2D eigenvalue weighted by molar-refractivity contribution is 0.124. The fourth-order valence-electron chi connectivity index (χ4n) is 2.52. The number of hydrogen-bond donors (Lipinski definition) is 0. The van der Waals surface area contributed by atoms with Gasteiger partial charge in [-0.05, 0) is 51.9 Å². The van der Waals surface area contributed by atoms with Crippen LogP contribution in [0.2, 0.25) is 0 Å². The van der Waals surface area contributed by atoms with Gasteiger partial charge < -0.3 is 18.9 Å². The van der Waals surface area contributed by atoms with Gasteiger partial charge in [0.25, 0.3) is 5.88 Å². The zero-order valence-electron chi connectivity index (χ0n) is 12.8. The van der Waals surface area contributed by atoms with E-state index in [1.54, 1.807) is 4.90 Å². The monoisotopic (exact) mass is 428 g/mol. The second kappa shape index (κ2) is 7.20. The number of carbonyl (C=O) groups is 1. The van der Waals surface area contributed by atoms with E-state index in [9.17, 15) is 4.79 Å². The molecule has 0 saturated carbocycles. The lowest BCUT2D eigenvalue weighted by Crippen LogP contribution is -2.33. The van der Waals surface area contributed by atoms with Crippen LogP contribution in [0.5, 0.6) is 5.88 Å². The molecule has 0 spiro atoms. The van der Waals surface area contributed by atoms with Crippen molar-refractivity contribution in [3.05, 3.63) is 44.7 Å². The Hall–Kier alpha value is -1.77. The molecule has 1 aliphatic rings. The Bertz CT molecular complexity index is 684. The van der Waals surface area contributed by atoms with E-state index in [0.717, 1.165) is 16.9 Å². The van der Waals surface area contributed by atoms with Crippen LogP contribution in [0.25, 0.3) is 0 Å². The van der Waals surface area contributed by atoms with Crippen molar-refractivity contribution in [2.45, 2.75) is 19.4 Å². The summed E-state index contributed by atoms with van der Waals surface area (Å²) < 4.78 is 17.1. The average Bonchev–Trinajstić information content (AvgIpc) is 2.83. The molecule has 0 unspecified atom stereocenters. The van der Waals surface area contributed by atoms with E-state index in [4.69, 9.17) is 14.0 Å². The number of carbonyl (C=O) groups excluding carboxylic acids is 1. The number of aromatic nitrogens is 1. The molecule has 0 saturated heterocycles. The fourth-order valence-corrected chi connectivity index (χ4v) is 2.88. The van der Waals surface area contributed by atoms with Gasteiger partial charge in [0, 0.05) is 23.1 Å². The second-order valence-electron chi connectivity index (χ2n) is 5.26. The number of methoxy groups -OCH3 is 1. The minimum atomic E-state index is -0.315. The molecule has 3 rings (SSSR count). The van der Waals surface area contributed by atoms with Crippen molar-refractivity contribution in [2.24, 2.45) is 0 Å². The van der Waals surface area contributed by atoms with Gasteiger partial charge in [-0.15, -0.1) is 0 Å². The Morgan fingerprint density at radius 2 is 2.04 bits per heavy atom. The predicted octanol–water partition coefficient (Wildman–Crippen LogP) is 3.03. The topological polar surface area (TPSA) is 64.8 Å². The molecule has 0 aliphatic carbocycles. The largest absolute Gasteiger partial charge is 0.470 e. The van der Waals surface area contributed by atoms with E-state index in [1.165, 1.54) is 10.7 Å². The maximum Gasteiger partial charge on any atom is 0.409 e. The van der Waals surface area contributed by atoms with Crippen LogP contribution >= 0.6 is 22.6 Å². The summed E-state index contributed by atoms with van der Waals surface area (Å²) in [5.74, 6) is 1.30. The van der Waals surface area contributed by atoms with Gasteiger partial charge >= 0.3 is 6.09 Å². The van der Waals surface area contributed by atoms with Crippen molar-refractivity contribution < 1.29 is 18.8 Å². The molecule has 0 N–H and O–H groups in total. The molecule has 7 heteroatoms. The lowest BCUT2D eigenvalue weighted by atomic mass is 10.1. The van der Waals surface area contributed by atoms with E-state index in [1.807, 2.05) is 24.3 Å². The summed E-state index contributed by atoms with van der Waals surface area (Å²) >= 11 is 2.27. The molecule has 1 aromatic heterocycles. The van der Waals surface area contributed by atoms with E-state index in [-0.39, 0.29) is 6.09 Å². The Labute approximate surface area is 147 Å². The van der Waals surface area contributed by atoms with Crippen molar-refractivity contribution in [3.8, 4) is 5.88 Å². The van der Waals surface area contributed by atoms with Crippen molar-refractivity contribution >= 4 is 28.7 Å². The highest BCUT2D eigenvalue weighted by Gasteiger charge is 2.25. The number of fused-ring (bicyclic) bond motifs is 1. The molecule has 0 atom stereocenters. The number of ether oxygens (including phenoxy) is 2. The molecule has 1 aliphatic heterocycles. The maximum atomic E-state index is 11.6. The molecule has 0 fully saturated rings. The first kappa shape index (κ1) is 16.1. The quantitative estimate of drug-likeness (QED) is 0.704. The molecule has 1 amide bonds. The molecule has 1 aromatic carbocycles. The van der Waals surface area contributed by atoms with Gasteiger partial charge in [-0.25, -0.2) is 4.79 Å². The average molecular weight is 428 g/mol. The normalized spacial score (nSPS) is 14.1. The minimum Gasteiger partial charge on any atom is -0.470 e. The van der Waals surface area contributed by atoms with E-state index >= 15 is 0 Å². The van der Waals surface area contributed by atoms with Gasteiger partial charge in [0.2, 0.25) is 0 Å². The van der Waals surface area contributed by atoms with Crippen molar-refractivity contribution in [3.63, 3.8) is 0 Å². The van der Waals surface area contributed by atoms with Crippen LogP contribution in [0, 0.1) is 3.57 Å². The Kier molecular flexibility index (Phi) is 5.04. The summed E-state index contributed by atoms with van der Waals surface area (Å²) in [5, 5.41) is 4.03. The summed E-state index contributed by atoms with van der Waals surface area (Å²) in [6, 6.07) is 8.13. The maximum absolute atomic E-state index is 11.6. The van der Waals surface area contributed by atoms with Gasteiger partial charge in [-0.2, -0.15) is 0 Å². The molecule has 122 valence electrons. The van der Waals surface area contributed by atoms with Crippen molar-refractivity contribution in [1.82, 2.24) is 10.1 Å². The van der Waals surface area contributed by atoms with Crippen LogP contribution < -0.4 is 4.74 Å². The number of amides is 1. The predicted molar refractivity (Wildman–Crippen MR) is 91.4 cm³/mol. The first-order valence-electron chi connectivity index (χ1n) is 7.35. The van der Waals surface area contributed by atoms with Gasteiger partial charge in [-0.3, -0.25) is 0 Å². The van der Waals surface area contributed by atoms with E-state index < -0.39 is 0 Å². The highest BCUT2D eigenvalue weighted by Crippen LogP contribution is 2.26. The Balaban J connectivity index is 1.66. The third-order valence-electron chi connectivity index (χ3n) is 3.80. The van der Waals surface area contributed by atoms with Crippen molar-refractivity contribution in [1.29, 1.82) is 0 Å². The zero-order chi connectivity index (χ0) is 16.2. The number of benzene rings is 1. The minimum absolute atomic E-state index is 0.315. The zero-order valence-corrected chi connectivity index (χ0v) is 14.9. The molecular formula is C16H17IN2O4. The van der Waals surface area contributed by atoms with E-state index in [2.05, 4.69) is 27.7 Å². The van der Waals surface area contributed by atoms with Gasteiger partial charge in [-0.1, -0.05) is 12.1 Å². The van der Waals surface area contributed by atoms with Gasteiger partial charge in [0.15, 0.2) is 0 Å². The number of rotatable bonds is 3. The summed E-state index contributed by atoms with van der Waals surface area (Å²) in [5.41, 5.74) is 2.02. The summed E-state index contributed by atoms with van der Waals surface area (Å²) in [7, 11) is 1.39. The molecule has 0 bridgehead atoms. The Morgan fingerprint density at radius 3 is 2.78 bits per heavy atom. The fraction of sp³-hybridized carbons (Fsp3) is 0.375. The van der Waals surface area contributed by atoms with Crippen LogP contribution in [-0.4, -0.2) is 36.3 Å². The van der Waals surface area contributed by atoms with Crippen LogP contribution in [0.1, 0.15) is 16.9 Å².